The van der Waals surface area contributed by atoms with Crippen LogP contribution in [-0.2, 0) is 4.57 Å². The zero-order valence-corrected chi connectivity index (χ0v) is 15.8. The summed E-state index contributed by atoms with van der Waals surface area (Å²) in [4.78, 5) is 15.6. The summed E-state index contributed by atoms with van der Waals surface area (Å²) in [5.41, 5.74) is 0. The number of alkyl halides is 1. The summed E-state index contributed by atoms with van der Waals surface area (Å²) in [6, 6.07) is 0. The van der Waals surface area contributed by atoms with Gasteiger partial charge in [-0.1, -0.05) is 27.8 Å². The Balaban J connectivity index is -0.0000000369. The molecule has 0 saturated heterocycles. The van der Waals surface area contributed by atoms with Crippen LogP contribution < -0.4 is 4.89 Å². The van der Waals surface area contributed by atoms with Crippen LogP contribution >= 0.6 is 74.7 Å². The van der Waals surface area contributed by atoms with Crippen molar-refractivity contribution in [2.75, 3.05) is 11.9 Å². The zero-order chi connectivity index (χ0) is 14.0. The van der Waals surface area contributed by atoms with Crippen LogP contribution in [0.5, 0.6) is 0 Å². The first-order chi connectivity index (χ1) is 7.29. The quantitative estimate of drug-likeness (QED) is 0.288. The third kappa shape index (κ3) is 271. The molecule has 1 atom stereocenters. The Labute approximate surface area is 131 Å². The molecule has 0 heterocycles. The Morgan fingerprint density at radius 3 is 1.50 bits per heavy atom. The first kappa shape index (κ1) is 26.1. The first-order valence-corrected chi connectivity index (χ1v) is 12.6. The molecule has 2 N–H and O–H groups in total. The summed E-state index contributed by atoms with van der Waals surface area (Å²) >= 11 is 12.5. The lowest BCUT2D eigenvalue weighted by molar-refractivity contribution is -0.180. The van der Waals surface area contributed by atoms with Crippen molar-refractivity contribution in [2.24, 2.45) is 0 Å². The lowest BCUT2D eigenvalue weighted by atomic mass is 10.8. The van der Waals surface area contributed by atoms with Gasteiger partial charge in [0.25, 0.3) is 0 Å². The summed E-state index contributed by atoms with van der Waals surface area (Å²) in [7, 11) is -3.12. The van der Waals surface area contributed by atoms with Crippen molar-refractivity contribution in [3.63, 3.8) is 0 Å². The molecule has 0 aliphatic rings. The van der Waals surface area contributed by atoms with E-state index in [1.165, 1.54) is 0 Å². The standard InChI is InChI=1S/C3H3Br.C3H4O.Br3P.HO3P.H2/c2*1-2-3-4;2*1-4(2)3;/h1H,3H2;1,4H,3H2;;(H,1,2,3);1H. The van der Waals surface area contributed by atoms with Crippen LogP contribution in [0, 0.1) is 24.7 Å². The first-order valence-electron chi connectivity index (χ1n) is 2.94. The fraction of sp³-hybridized carbons (Fsp3) is 0.333. The van der Waals surface area contributed by atoms with E-state index in [2.05, 4.69) is 74.7 Å². The van der Waals surface area contributed by atoms with Crippen molar-refractivity contribution in [1.29, 1.82) is 0 Å². The minimum Gasteiger partial charge on any atom is -0.567 e. The number of hydrogen-bond donors (Lipinski definition) is 2. The highest BCUT2D eigenvalue weighted by atomic mass is 80.0. The zero-order valence-electron chi connectivity index (χ0n) is 7.69. The van der Waals surface area contributed by atoms with Gasteiger partial charge in [-0.2, -0.15) is 4.89 Å². The van der Waals surface area contributed by atoms with Gasteiger partial charge in [-0.05, 0) is 51.0 Å². The molecule has 0 radical (unpaired) electrons. The second kappa shape index (κ2) is 30.0. The predicted octanol–water partition coefficient (Wildman–Crippen LogP) is 3.27. The topological polar surface area (TPSA) is 80.6 Å². The van der Waals surface area contributed by atoms with Crippen LogP contribution in [0.15, 0.2) is 0 Å². The van der Waals surface area contributed by atoms with E-state index in [1.807, 2.05) is 5.92 Å². The van der Waals surface area contributed by atoms with Crippen molar-refractivity contribution in [3.05, 3.63) is 0 Å². The van der Waals surface area contributed by atoms with Crippen molar-refractivity contribution in [3.8, 4) is 24.7 Å². The van der Waals surface area contributed by atoms with E-state index in [0.717, 1.165) is 0 Å². The minimum atomic E-state index is -3.12. The summed E-state index contributed by atoms with van der Waals surface area (Å²) in [5.74, 6) is 4.33. The summed E-state index contributed by atoms with van der Waals surface area (Å²) in [5, 5.41) is 8.30. The van der Waals surface area contributed by atoms with Gasteiger partial charge in [0.05, 0.1) is 5.33 Å². The average molecular weight is 528 g/mol. The van der Waals surface area contributed by atoms with Crippen LogP contribution in [-0.4, -0.2) is 21.9 Å². The van der Waals surface area contributed by atoms with Gasteiger partial charge in [-0.25, -0.2) is 0 Å². The Kier molecular flexibility index (Phi) is 48.9. The van der Waals surface area contributed by atoms with E-state index in [0.29, 0.717) is 5.33 Å². The Hall–Kier alpha value is 1.45. The maximum atomic E-state index is 8.59. The van der Waals surface area contributed by atoms with Gasteiger partial charge >= 0.3 is 8.25 Å². The smallest absolute Gasteiger partial charge is 0.485 e. The number of aliphatic hydroxyl groups is 1. The molecule has 0 amide bonds. The maximum absolute atomic E-state index is 8.59. The molecule has 16 heavy (non-hydrogen) atoms. The van der Waals surface area contributed by atoms with E-state index >= 15 is 0 Å². The third-order valence-electron chi connectivity index (χ3n) is 0.168. The Morgan fingerprint density at radius 1 is 1.38 bits per heavy atom. The van der Waals surface area contributed by atoms with Crippen molar-refractivity contribution in [1.82, 2.24) is 0 Å². The molecular formula is C6H10Br4O4P2. The summed E-state index contributed by atoms with van der Waals surface area (Å²) < 4.78 is 8.41. The second-order valence-corrected chi connectivity index (χ2v) is 17.5. The van der Waals surface area contributed by atoms with Crippen molar-refractivity contribution >= 4 is 74.7 Å². The minimum absolute atomic E-state index is 0. The van der Waals surface area contributed by atoms with Gasteiger partial charge in [0.2, 0.25) is 0 Å². The van der Waals surface area contributed by atoms with Gasteiger partial charge in [0.1, 0.15) is 10.6 Å². The van der Waals surface area contributed by atoms with E-state index in [9.17, 15) is 0 Å². The third-order valence-corrected chi connectivity index (χ3v) is 0.492. The molecule has 0 aromatic rings. The van der Waals surface area contributed by atoms with Gasteiger partial charge in [0.15, 0.2) is 0 Å². The van der Waals surface area contributed by atoms with E-state index in [1.54, 1.807) is 0 Å². The number of halogens is 4. The van der Waals surface area contributed by atoms with Crippen molar-refractivity contribution in [2.45, 2.75) is 0 Å². The molecule has 0 fully saturated rings. The Morgan fingerprint density at radius 2 is 1.50 bits per heavy atom. The number of rotatable bonds is 0. The molecule has 96 valence electrons. The molecule has 4 nitrogen and oxygen atoms in total. The summed E-state index contributed by atoms with van der Waals surface area (Å²) in [6.07, 6.45) is 9.26. The van der Waals surface area contributed by atoms with E-state index in [-0.39, 0.29) is 12.1 Å². The van der Waals surface area contributed by atoms with E-state index < -0.39 is 8.25 Å². The highest BCUT2D eigenvalue weighted by Gasteiger charge is 1.77. The highest BCUT2D eigenvalue weighted by molar-refractivity contribution is 9.93. The van der Waals surface area contributed by atoms with Gasteiger partial charge in [0, 0.05) is 1.43 Å². The highest BCUT2D eigenvalue weighted by Crippen LogP contribution is 2.59. The van der Waals surface area contributed by atoms with Gasteiger partial charge in [-0.15, -0.1) is 12.8 Å². The molecule has 0 spiro atoms. The van der Waals surface area contributed by atoms with Crippen LogP contribution in [0.1, 0.15) is 1.43 Å². The van der Waals surface area contributed by atoms with Gasteiger partial charge < -0.3 is 10.00 Å². The van der Waals surface area contributed by atoms with Crippen LogP contribution in [0.3, 0.4) is 0 Å². The van der Waals surface area contributed by atoms with Gasteiger partial charge in [-0.3, -0.25) is 0 Å². The molecule has 0 aromatic carbocycles. The lowest BCUT2D eigenvalue weighted by Gasteiger charge is -1.70. The second-order valence-electron chi connectivity index (χ2n) is 1.13. The number of aliphatic hydroxyl groups excluding tert-OH is 1. The molecule has 0 aliphatic heterocycles. The SMILES string of the molecule is BrP(Br)Br.C#CCBr.C#CCO.O=[P+]([O-])O.[HH]. The number of hydrogen-bond acceptors (Lipinski definition) is 3. The van der Waals surface area contributed by atoms with Crippen molar-refractivity contribution < 1.29 is 20.9 Å². The Bertz CT molecular complexity index is 198. The summed E-state index contributed by atoms with van der Waals surface area (Å²) in [6.45, 7) is -0.153. The maximum Gasteiger partial charge on any atom is 0.485 e. The van der Waals surface area contributed by atoms with Crippen LogP contribution in [0.25, 0.3) is 0 Å². The largest absolute Gasteiger partial charge is 0.567 e. The monoisotopic (exact) mass is 524 g/mol. The number of terminal acetylenes is 2. The van der Waals surface area contributed by atoms with Crippen LogP contribution in [0.2, 0.25) is 0 Å². The fourth-order valence-electron chi connectivity index (χ4n) is 0. The average Bonchev–Trinajstić information content (AvgIpc) is 2.16. The van der Waals surface area contributed by atoms with E-state index in [4.69, 9.17) is 25.9 Å². The molecule has 0 bridgehead atoms. The normalized spacial score (nSPS) is 7.50. The predicted molar refractivity (Wildman–Crippen MR) is 84.2 cm³/mol. The fourth-order valence-corrected chi connectivity index (χ4v) is 0. The molecule has 0 rings (SSSR count). The molecule has 0 saturated carbocycles. The molecule has 1 unspecified atom stereocenters. The molecule has 10 heteroatoms. The molecule has 0 aromatic heterocycles. The lowest BCUT2D eigenvalue weighted by Crippen LogP contribution is -1.78. The molecular weight excluding hydrogens is 518 g/mol. The molecule has 0 aliphatic carbocycles. The van der Waals surface area contributed by atoms with Crippen LogP contribution in [0.4, 0.5) is 0 Å².